The van der Waals surface area contributed by atoms with Crippen molar-refractivity contribution in [1.82, 2.24) is 0 Å². The number of nitrogens with two attached hydrogens (primary N) is 1. The summed E-state index contributed by atoms with van der Waals surface area (Å²) in [5, 5.41) is 8.58. The van der Waals surface area contributed by atoms with Gasteiger partial charge in [-0.2, -0.15) is 0 Å². The van der Waals surface area contributed by atoms with Crippen molar-refractivity contribution in [3.63, 3.8) is 0 Å². The van der Waals surface area contributed by atoms with Crippen LogP contribution in [-0.2, 0) is 9.53 Å². The Morgan fingerprint density at radius 1 is 1.60 bits per heavy atom. The van der Waals surface area contributed by atoms with Gasteiger partial charge >= 0.3 is 5.97 Å². The van der Waals surface area contributed by atoms with Crippen molar-refractivity contribution in [2.45, 2.75) is 51.2 Å². The highest BCUT2D eigenvalue weighted by atomic mass is 16.5. The molecule has 0 bridgehead atoms. The average Bonchev–Trinajstić information content (AvgIpc) is 2.17. The minimum atomic E-state index is -0.949. The van der Waals surface area contributed by atoms with Crippen LogP contribution in [0.25, 0.3) is 0 Å². The molecule has 3 unspecified atom stereocenters. The molecule has 0 aromatic rings. The summed E-state index contributed by atoms with van der Waals surface area (Å²) in [5.41, 5.74) is 5.38. The summed E-state index contributed by atoms with van der Waals surface area (Å²) in [6, 6.07) is -0.786. The van der Waals surface area contributed by atoms with E-state index in [4.69, 9.17) is 15.6 Å². The largest absolute Gasteiger partial charge is 0.480 e. The molecular weight excluding hydrogens is 194 g/mol. The van der Waals surface area contributed by atoms with Gasteiger partial charge in [-0.1, -0.05) is 19.8 Å². The molecule has 0 heterocycles. The summed E-state index contributed by atoms with van der Waals surface area (Å²) in [4.78, 5) is 10.5. The highest BCUT2D eigenvalue weighted by Gasteiger charge is 2.19. The zero-order valence-corrected chi connectivity index (χ0v) is 9.32. The summed E-state index contributed by atoms with van der Waals surface area (Å²) in [6.07, 6.45) is 5.43. The molecule has 0 aliphatic heterocycles. The molecule has 3 N–H and O–H groups in total. The third kappa shape index (κ3) is 4.62. The maximum absolute atomic E-state index is 10.5. The van der Waals surface area contributed by atoms with E-state index in [-0.39, 0.29) is 0 Å². The van der Waals surface area contributed by atoms with Crippen LogP contribution < -0.4 is 5.73 Å². The molecule has 3 atom stereocenters. The lowest BCUT2D eigenvalue weighted by atomic mass is 9.89. The van der Waals surface area contributed by atoms with Crippen molar-refractivity contribution in [2.24, 2.45) is 11.7 Å². The fraction of sp³-hybridized carbons (Fsp3) is 0.909. The molecule has 1 aliphatic carbocycles. The number of carboxylic acids is 1. The van der Waals surface area contributed by atoms with Crippen molar-refractivity contribution >= 4 is 5.97 Å². The number of rotatable bonds is 5. The van der Waals surface area contributed by atoms with Crippen LogP contribution in [0.15, 0.2) is 0 Å². The van der Waals surface area contributed by atoms with Gasteiger partial charge in [-0.25, -0.2) is 0 Å². The van der Waals surface area contributed by atoms with Gasteiger partial charge in [0.05, 0.1) is 6.10 Å². The number of hydrogen-bond donors (Lipinski definition) is 2. The standard InChI is InChI=1S/C11H21NO3/c1-8-3-2-4-9(7-8)15-6-5-10(12)11(13)14/h8-10H,2-7,12H2,1H3,(H,13,14). The summed E-state index contributed by atoms with van der Waals surface area (Å²) in [5.74, 6) is -0.215. The summed E-state index contributed by atoms with van der Waals surface area (Å²) in [6.45, 7) is 2.70. The van der Waals surface area contributed by atoms with Crippen molar-refractivity contribution in [3.8, 4) is 0 Å². The van der Waals surface area contributed by atoms with Crippen LogP contribution in [0.5, 0.6) is 0 Å². The van der Waals surface area contributed by atoms with Crippen molar-refractivity contribution in [2.75, 3.05) is 6.61 Å². The summed E-state index contributed by atoms with van der Waals surface area (Å²) >= 11 is 0. The van der Waals surface area contributed by atoms with E-state index in [2.05, 4.69) is 6.92 Å². The van der Waals surface area contributed by atoms with E-state index in [0.717, 1.165) is 18.8 Å². The first kappa shape index (κ1) is 12.5. The first-order valence-corrected chi connectivity index (χ1v) is 5.69. The van der Waals surface area contributed by atoms with Crippen LogP contribution in [-0.4, -0.2) is 29.8 Å². The van der Waals surface area contributed by atoms with E-state index in [1.54, 1.807) is 0 Å². The Kier molecular flexibility index (Phi) is 5.05. The van der Waals surface area contributed by atoms with E-state index < -0.39 is 12.0 Å². The minimum Gasteiger partial charge on any atom is -0.480 e. The SMILES string of the molecule is CC1CCCC(OCCC(N)C(=O)O)C1. The van der Waals surface area contributed by atoms with Gasteiger partial charge in [0.25, 0.3) is 0 Å². The zero-order chi connectivity index (χ0) is 11.3. The van der Waals surface area contributed by atoms with Crippen molar-refractivity contribution in [3.05, 3.63) is 0 Å². The lowest BCUT2D eigenvalue weighted by molar-refractivity contribution is -0.139. The van der Waals surface area contributed by atoms with Gasteiger partial charge in [0.1, 0.15) is 6.04 Å². The quantitative estimate of drug-likeness (QED) is 0.726. The van der Waals surface area contributed by atoms with Gasteiger partial charge in [0, 0.05) is 6.61 Å². The second kappa shape index (κ2) is 6.08. The number of aliphatic carboxylic acids is 1. The molecule has 88 valence electrons. The van der Waals surface area contributed by atoms with Crippen molar-refractivity contribution < 1.29 is 14.6 Å². The van der Waals surface area contributed by atoms with Gasteiger partial charge in [-0.3, -0.25) is 4.79 Å². The molecule has 1 aliphatic rings. The third-order valence-corrected chi connectivity index (χ3v) is 2.99. The normalized spacial score (nSPS) is 28.7. The topological polar surface area (TPSA) is 72.5 Å². The first-order valence-electron chi connectivity index (χ1n) is 5.69. The number of hydrogen-bond acceptors (Lipinski definition) is 3. The maximum atomic E-state index is 10.5. The molecule has 0 radical (unpaired) electrons. The Bertz CT molecular complexity index is 208. The molecule has 4 nitrogen and oxygen atoms in total. The van der Waals surface area contributed by atoms with Gasteiger partial charge in [0.15, 0.2) is 0 Å². The smallest absolute Gasteiger partial charge is 0.320 e. The maximum Gasteiger partial charge on any atom is 0.320 e. The summed E-state index contributed by atoms with van der Waals surface area (Å²) in [7, 11) is 0. The van der Waals surface area contributed by atoms with Gasteiger partial charge in [-0.05, 0) is 25.2 Å². The molecule has 0 aromatic heterocycles. The van der Waals surface area contributed by atoms with E-state index in [1.807, 2.05) is 0 Å². The molecule has 0 amide bonds. The third-order valence-electron chi connectivity index (χ3n) is 2.99. The zero-order valence-electron chi connectivity index (χ0n) is 9.32. The Morgan fingerprint density at radius 2 is 2.33 bits per heavy atom. The van der Waals surface area contributed by atoms with E-state index in [0.29, 0.717) is 19.1 Å². The van der Waals surface area contributed by atoms with Crippen LogP contribution in [0.4, 0.5) is 0 Å². The molecule has 0 spiro atoms. The van der Waals surface area contributed by atoms with Gasteiger partial charge in [-0.15, -0.1) is 0 Å². The molecule has 0 saturated heterocycles. The van der Waals surface area contributed by atoms with Crippen LogP contribution in [0.3, 0.4) is 0 Å². The van der Waals surface area contributed by atoms with E-state index in [9.17, 15) is 4.79 Å². The molecule has 4 heteroatoms. The summed E-state index contributed by atoms with van der Waals surface area (Å²) < 4.78 is 5.63. The van der Waals surface area contributed by atoms with Crippen molar-refractivity contribution in [1.29, 1.82) is 0 Å². The number of ether oxygens (including phenoxy) is 1. The lowest BCUT2D eigenvalue weighted by Crippen LogP contribution is -2.32. The fourth-order valence-corrected chi connectivity index (χ4v) is 2.01. The predicted octanol–water partition coefficient (Wildman–Crippen LogP) is 1.38. The first-order chi connectivity index (χ1) is 7.09. The van der Waals surface area contributed by atoms with Crippen LogP contribution in [0, 0.1) is 5.92 Å². The van der Waals surface area contributed by atoms with Gasteiger partial charge < -0.3 is 15.6 Å². The Balaban J connectivity index is 2.11. The minimum absolute atomic E-state index is 0.315. The molecular formula is C11H21NO3. The fourth-order valence-electron chi connectivity index (χ4n) is 2.01. The molecule has 1 fully saturated rings. The van der Waals surface area contributed by atoms with E-state index >= 15 is 0 Å². The Morgan fingerprint density at radius 3 is 2.93 bits per heavy atom. The highest BCUT2D eigenvalue weighted by Crippen LogP contribution is 2.25. The lowest BCUT2D eigenvalue weighted by Gasteiger charge is -2.26. The monoisotopic (exact) mass is 215 g/mol. The molecule has 15 heavy (non-hydrogen) atoms. The predicted molar refractivity (Wildman–Crippen MR) is 57.6 cm³/mol. The van der Waals surface area contributed by atoms with Gasteiger partial charge in [0.2, 0.25) is 0 Å². The highest BCUT2D eigenvalue weighted by molar-refractivity contribution is 5.72. The Labute approximate surface area is 90.8 Å². The van der Waals surface area contributed by atoms with E-state index in [1.165, 1.54) is 12.8 Å². The Hall–Kier alpha value is -0.610. The second-order valence-electron chi connectivity index (χ2n) is 4.50. The van der Waals surface area contributed by atoms with Crippen LogP contribution in [0.2, 0.25) is 0 Å². The average molecular weight is 215 g/mol. The van der Waals surface area contributed by atoms with Crippen LogP contribution >= 0.6 is 0 Å². The molecule has 1 saturated carbocycles. The molecule has 1 rings (SSSR count). The molecule has 0 aromatic carbocycles. The second-order valence-corrected chi connectivity index (χ2v) is 4.50. The van der Waals surface area contributed by atoms with Crippen LogP contribution in [0.1, 0.15) is 39.0 Å². The number of carboxylic acid groups (broad SMARTS) is 1. The number of carbonyl (C=O) groups is 1.